The third-order valence-corrected chi connectivity index (χ3v) is 3.70. The summed E-state index contributed by atoms with van der Waals surface area (Å²) in [4.78, 5) is 36.2. The van der Waals surface area contributed by atoms with Crippen molar-refractivity contribution in [2.75, 3.05) is 13.1 Å². The molecule has 4 atom stereocenters. The van der Waals surface area contributed by atoms with Crippen molar-refractivity contribution in [2.45, 2.75) is 51.8 Å². The number of ketones is 2. The van der Waals surface area contributed by atoms with Crippen molar-refractivity contribution in [3.05, 3.63) is 0 Å². The second-order valence-corrected chi connectivity index (χ2v) is 6.06. The maximum absolute atomic E-state index is 12.3. The van der Waals surface area contributed by atoms with Gasteiger partial charge in [-0.25, -0.2) is 0 Å². The average molecular weight is 330 g/mol. The lowest BCUT2D eigenvalue weighted by Crippen LogP contribution is -2.51. The zero-order chi connectivity index (χ0) is 18.2. The van der Waals surface area contributed by atoms with Gasteiger partial charge in [-0.2, -0.15) is 0 Å². The van der Waals surface area contributed by atoms with E-state index in [0.29, 0.717) is 6.42 Å². The van der Waals surface area contributed by atoms with E-state index < -0.39 is 30.0 Å². The van der Waals surface area contributed by atoms with Crippen LogP contribution in [0.5, 0.6) is 0 Å². The number of aliphatic hydroxyl groups excluding tert-OH is 1. The number of hydrogen-bond acceptors (Lipinski definition) is 7. The first kappa shape index (κ1) is 21.6. The molecule has 0 aliphatic carbocycles. The van der Waals surface area contributed by atoms with Gasteiger partial charge in [0.15, 0.2) is 5.78 Å². The maximum atomic E-state index is 12.3. The minimum Gasteiger partial charge on any atom is -0.393 e. The topological polar surface area (TPSA) is 162 Å². The molecule has 0 aromatic heterocycles. The molecular weight excluding hydrogens is 300 g/mol. The number of rotatable bonds is 11. The number of nitrogens with two attached hydrogens (primary N) is 3. The third-order valence-electron chi connectivity index (χ3n) is 3.70. The molecule has 23 heavy (non-hydrogen) atoms. The molecule has 0 aromatic rings. The SMILES string of the molecule is CC(C)C(=O)[C@H](CN)NC(=O)[C@@H](CC(=O)[C@@H](N)CCN)C(C)O. The Morgan fingerprint density at radius 2 is 1.70 bits per heavy atom. The van der Waals surface area contributed by atoms with Crippen LogP contribution in [0.3, 0.4) is 0 Å². The highest BCUT2D eigenvalue weighted by Gasteiger charge is 2.31. The molecule has 8 N–H and O–H groups in total. The summed E-state index contributed by atoms with van der Waals surface area (Å²) in [5, 5.41) is 12.3. The summed E-state index contributed by atoms with van der Waals surface area (Å²) in [6, 6.07) is -1.60. The van der Waals surface area contributed by atoms with Crippen LogP contribution < -0.4 is 22.5 Å². The Morgan fingerprint density at radius 3 is 2.09 bits per heavy atom. The fourth-order valence-electron chi connectivity index (χ4n) is 2.12. The fraction of sp³-hybridized carbons (Fsp3) is 0.800. The summed E-state index contributed by atoms with van der Waals surface area (Å²) in [5.41, 5.74) is 16.6. The van der Waals surface area contributed by atoms with Crippen LogP contribution in [0, 0.1) is 11.8 Å². The molecule has 0 fully saturated rings. The van der Waals surface area contributed by atoms with Gasteiger partial charge in [-0.1, -0.05) is 13.8 Å². The number of aliphatic hydroxyl groups is 1. The normalized spacial score (nSPS) is 16.5. The van der Waals surface area contributed by atoms with Crippen LogP contribution in [0.2, 0.25) is 0 Å². The maximum Gasteiger partial charge on any atom is 0.226 e. The van der Waals surface area contributed by atoms with Crippen molar-refractivity contribution < 1.29 is 19.5 Å². The molecule has 0 saturated heterocycles. The van der Waals surface area contributed by atoms with Gasteiger partial charge >= 0.3 is 0 Å². The predicted octanol–water partition coefficient (Wildman–Crippen LogP) is -1.71. The van der Waals surface area contributed by atoms with Gasteiger partial charge in [0.05, 0.1) is 24.1 Å². The van der Waals surface area contributed by atoms with Crippen LogP contribution in [0.1, 0.15) is 33.6 Å². The highest BCUT2D eigenvalue weighted by Crippen LogP contribution is 2.13. The predicted molar refractivity (Wildman–Crippen MR) is 87.3 cm³/mol. The third kappa shape index (κ3) is 7.17. The lowest BCUT2D eigenvalue weighted by molar-refractivity contribution is -0.136. The zero-order valence-electron chi connectivity index (χ0n) is 14.1. The Balaban J connectivity index is 4.92. The highest BCUT2D eigenvalue weighted by molar-refractivity contribution is 5.93. The summed E-state index contributed by atoms with van der Waals surface area (Å²) >= 11 is 0. The van der Waals surface area contributed by atoms with E-state index in [2.05, 4.69) is 5.32 Å². The van der Waals surface area contributed by atoms with E-state index >= 15 is 0 Å². The van der Waals surface area contributed by atoms with Gasteiger partial charge in [-0.05, 0) is 19.9 Å². The van der Waals surface area contributed by atoms with Crippen LogP contribution in [0.4, 0.5) is 0 Å². The minimum atomic E-state index is -1.06. The Kier molecular flexibility index (Phi) is 9.82. The highest BCUT2D eigenvalue weighted by atomic mass is 16.3. The molecule has 134 valence electrons. The first-order valence-corrected chi connectivity index (χ1v) is 7.86. The van der Waals surface area contributed by atoms with Gasteiger partial charge in [0.1, 0.15) is 5.78 Å². The molecule has 8 heteroatoms. The molecule has 0 radical (unpaired) electrons. The van der Waals surface area contributed by atoms with Gasteiger partial charge in [0.2, 0.25) is 5.91 Å². The first-order chi connectivity index (χ1) is 10.6. The van der Waals surface area contributed by atoms with Crippen molar-refractivity contribution in [2.24, 2.45) is 29.0 Å². The largest absolute Gasteiger partial charge is 0.393 e. The Hall–Kier alpha value is -1.35. The fourth-order valence-corrected chi connectivity index (χ4v) is 2.12. The Labute approximate surface area is 137 Å². The molecule has 8 nitrogen and oxygen atoms in total. The van der Waals surface area contributed by atoms with Crippen LogP contribution in [-0.2, 0) is 14.4 Å². The van der Waals surface area contributed by atoms with Gasteiger partial charge < -0.3 is 27.6 Å². The monoisotopic (exact) mass is 330 g/mol. The van der Waals surface area contributed by atoms with Crippen molar-refractivity contribution >= 4 is 17.5 Å². The first-order valence-electron chi connectivity index (χ1n) is 7.86. The molecule has 0 saturated carbocycles. The van der Waals surface area contributed by atoms with Crippen LogP contribution in [0.25, 0.3) is 0 Å². The molecule has 0 aromatic carbocycles. The zero-order valence-corrected chi connectivity index (χ0v) is 14.1. The van der Waals surface area contributed by atoms with Crippen molar-refractivity contribution in [1.82, 2.24) is 5.32 Å². The van der Waals surface area contributed by atoms with E-state index in [4.69, 9.17) is 17.2 Å². The number of carbonyl (C=O) groups excluding carboxylic acids is 3. The number of hydrogen-bond donors (Lipinski definition) is 5. The molecular formula is C15H30N4O4. The number of carbonyl (C=O) groups is 3. The van der Waals surface area contributed by atoms with Crippen LogP contribution in [0.15, 0.2) is 0 Å². The Morgan fingerprint density at radius 1 is 1.13 bits per heavy atom. The lowest BCUT2D eigenvalue weighted by atomic mass is 9.92. The second kappa shape index (κ2) is 10.4. The van der Waals surface area contributed by atoms with Crippen molar-refractivity contribution in [3.8, 4) is 0 Å². The van der Waals surface area contributed by atoms with E-state index in [0.717, 1.165) is 0 Å². The molecule has 0 heterocycles. The summed E-state index contributed by atoms with van der Waals surface area (Å²) in [5.74, 6) is -2.40. The summed E-state index contributed by atoms with van der Waals surface area (Å²) in [6.45, 7) is 5.04. The molecule has 0 rings (SSSR count). The standard InChI is InChI=1S/C15H30N4O4/c1-8(2)14(22)12(7-17)19-15(23)10(9(3)20)6-13(21)11(18)4-5-16/h8-12,20H,4-7,16-18H2,1-3H3,(H,19,23)/t9?,10-,11-,12-/m0/s1. The summed E-state index contributed by atoms with van der Waals surface area (Å²) in [7, 11) is 0. The quantitative estimate of drug-likeness (QED) is 0.301. The van der Waals surface area contributed by atoms with E-state index in [1.54, 1.807) is 13.8 Å². The lowest BCUT2D eigenvalue weighted by Gasteiger charge is -2.24. The van der Waals surface area contributed by atoms with Crippen molar-refractivity contribution in [3.63, 3.8) is 0 Å². The van der Waals surface area contributed by atoms with E-state index in [-0.39, 0.29) is 37.0 Å². The number of Topliss-reactive ketones (excluding diaryl/α,β-unsaturated/α-hetero) is 2. The number of nitrogens with one attached hydrogen (secondary N) is 1. The molecule has 0 bridgehead atoms. The minimum absolute atomic E-state index is 0.0457. The molecule has 0 spiro atoms. The van der Waals surface area contributed by atoms with E-state index in [9.17, 15) is 19.5 Å². The number of amides is 1. The molecule has 1 amide bonds. The summed E-state index contributed by atoms with van der Waals surface area (Å²) < 4.78 is 0. The second-order valence-electron chi connectivity index (χ2n) is 6.06. The van der Waals surface area contributed by atoms with Crippen LogP contribution in [-0.4, -0.2) is 53.9 Å². The van der Waals surface area contributed by atoms with Gasteiger partial charge in [-0.15, -0.1) is 0 Å². The molecule has 0 aliphatic heterocycles. The van der Waals surface area contributed by atoms with Crippen molar-refractivity contribution in [1.29, 1.82) is 0 Å². The van der Waals surface area contributed by atoms with E-state index in [1.165, 1.54) is 6.92 Å². The average Bonchev–Trinajstić information content (AvgIpc) is 2.48. The molecule has 1 unspecified atom stereocenters. The molecule has 0 aliphatic rings. The Bertz CT molecular complexity index is 412. The van der Waals surface area contributed by atoms with Gasteiger partial charge in [0.25, 0.3) is 0 Å². The van der Waals surface area contributed by atoms with Crippen LogP contribution >= 0.6 is 0 Å². The summed E-state index contributed by atoms with van der Waals surface area (Å²) in [6.07, 6.45) is -0.959. The smallest absolute Gasteiger partial charge is 0.226 e. The van der Waals surface area contributed by atoms with Gasteiger partial charge in [-0.3, -0.25) is 14.4 Å². The van der Waals surface area contributed by atoms with E-state index in [1.807, 2.05) is 0 Å². The van der Waals surface area contributed by atoms with Gasteiger partial charge in [0, 0.05) is 18.9 Å².